The van der Waals surface area contributed by atoms with Gasteiger partial charge >= 0.3 is 0 Å². The summed E-state index contributed by atoms with van der Waals surface area (Å²) in [5.41, 5.74) is 3.54. The third kappa shape index (κ3) is 3.77. The SMILES string of the molecule is CCN1CCN(CCNc2nccc(-c3c(-c4ccccc4)nc4sccn34)n2)S1(=O)=O. The van der Waals surface area contributed by atoms with Crippen LogP contribution in [0.2, 0.25) is 0 Å². The highest BCUT2D eigenvalue weighted by Gasteiger charge is 2.34. The predicted octanol–water partition coefficient (Wildman–Crippen LogP) is 2.81. The average Bonchev–Trinajstić information content (AvgIpc) is 3.47. The van der Waals surface area contributed by atoms with Crippen LogP contribution in [0.15, 0.2) is 54.2 Å². The van der Waals surface area contributed by atoms with Crippen LogP contribution in [0.3, 0.4) is 0 Å². The van der Waals surface area contributed by atoms with Crippen molar-refractivity contribution in [1.82, 2.24) is 28.0 Å². The molecule has 5 rings (SSSR count). The normalized spacial score (nSPS) is 16.7. The predicted molar refractivity (Wildman–Crippen MR) is 126 cm³/mol. The zero-order valence-corrected chi connectivity index (χ0v) is 19.2. The summed E-state index contributed by atoms with van der Waals surface area (Å²) in [4.78, 5) is 14.7. The third-order valence-corrected chi connectivity index (χ3v) is 8.32. The Morgan fingerprint density at radius 3 is 2.69 bits per heavy atom. The quantitative estimate of drug-likeness (QED) is 0.447. The second-order valence-corrected chi connectivity index (χ2v) is 10.1. The van der Waals surface area contributed by atoms with E-state index in [1.165, 1.54) is 8.61 Å². The van der Waals surface area contributed by atoms with Crippen molar-refractivity contribution in [2.75, 3.05) is 38.0 Å². The Morgan fingerprint density at radius 1 is 1.09 bits per heavy atom. The molecule has 1 aliphatic rings. The van der Waals surface area contributed by atoms with E-state index >= 15 is 0 Å². The van der Waals surface area contributed by atoms with Crippen molar-refractivity contribution < 1.29 is 8.42 Å². The van der Waals surface area contributed by atoms with Crippen molar-refractivity contribution in [3.63, 3.8) is 0 Å². The molecule has 3 aromatic heterocycles. The molecule has 0 atom stereocenters. The summed E-state index contributed by atoms with van der Waals surface area (Å²) in [6.45, 7) is 4.16. The molecule has 32 heavy (non-hydrogen) atoms. The maximum Gasteiger partial charge on any atom is 0.282 e. The molecule has 0 radical (unpaired) electrons. The van der Waals surface area contributed by atoms with E-state index in [1.807, 2.05) is 59.3 Å². The van der Waals surface area contributed by atoms with Crippen molar-refractivity contribution >= 4 is 32.5 Å². The number of fused-ring (bicyclic) bond motifs is 1. The minimum Gasteiger partial charge on any atom is -0.353 e. The van der Waals surface area contributed by atoms with Crippen LogP contribution in [-0.4, -0.2) is 69.1 Å². The van der Waals surface area contributed by atoms with E-state index in [1.54, 1.807) is 17.5 Å². The molecule has 0 aliphatic carbocycles. The second-order valence-electron chi connectivity index (χ2n) is 7.32. The Hall–Kier alpha value is -2.86. The Balaban J connectivity index is 1.38. The molecule has 11 heteroatoms. The number of likely N-dealkylation sites (N-methyl/N-ethyl adjacent to an activating group) is 1. The molecule has 0 saturated carbocycles. The summed E-state index contributed by atoms with van der Waals surface area (Å²) in [5.74, 6) is 0.454. The molecule has 166 valence electrons. The van der Waals surface area contributed by atoms with Crippen molar-refractivity contribution in [1.29, 1.82) is 0 Å². The van der Waals surface area contributed by atoms with Gasteiger partial charge in [-0.25, -0.2) is 15.0 Å². The molecule has 1 fully saturated rings. The summed E-state index contributed by atoms with van der Waals surface area (Å²) in [7, 11) is -3.35. The van der Waals surface area contributed by atoms with Gasteiger partial charge in [-0.2, -0.15) is 17.0 Å². The van der Waals surface area contributed by atoms with Gasteiger partial charge in [0.2, 0.25) is 5.95 Å². The summed E-state index contributed by atoms with van der Waals surface area (Å²) in [6.07, 6.45) is 3.69. The van der Waals surface area contributed by atoms with Crippen LogP contribution in [0, 0.1) is 0 Å². The van der Waals surface area contributed by atoms with Crippen molar-refractivity contribution in [3.05, 3.63) is 54.2 Å². The van der Waals surface area contributed by atoms with Gasteiger partial charge in [-0.05, 0) is 6.07 Å². The van der Waals surface area contributed by atoms with Crippen LogP contribution < -0.4 is 5.32 Å². The van der Waals surface area contributed by atoms with Gasteiger partial charge in [-0.1, -0.05) is 37.3 Å². The third-order valence-electron chi connectivity index (χ3n) is 5.46. The van der Waals surface area contributed by atoms with Crippen LogP contribution >= 0.6 is 11.3 Å². The number of nitrogens with zero attached hydrogens (tertiary/aromatic N) is 6. The zero-order valence-electron chi connectivity index (χ0n) is 17.5. The van der Waals surface area contributed by atoms with Crippen molar-refractivity contribution in [3.8, 4) is 22.6 Å². The highest BCUT2D eigenvalue weighted by Crippen LogP contribution is 2.33. The van der Waals surface area contributed by atoms with E-state index in [9.17, 15) is 8.42 Å². The van der Waals surface area contributed by atoms with Gasteiger partial charge in [0.05, 0.1) is 11.4 Å². The highest BCUT2D eigenvalue weighted by atomic mass is 32.2. The van der Waals surface area contributed by atoms with Gasteiger partial charge in [0, 0.05) is 56.1 Å². The molecule has 0 unspecified atom stereocenters. The maximum absolute atomic E-state index is 12.4. The number of benzene rings is 1. The minimum atomic E-state index is -3.35. The lowest BCUT2D eigenvalue weighted by Crippen LogP contribution is -2.35. The fourth-order valence-electron chi connectivity index (χ4n) is 3.86. The Bertz CT molecular complexity index is 1330. The summed E-state index contributed by atoms with van der Waals surface area (Å²) in [5, 5.41) is 5.17. The summed E-state index contributed by atoms with van der Waals surface area (Å²) in [6, 6.07) is 11.9. The number of anilines is 1. The molecule has 0 bridgehead atoms. The number of nitrogens with one attached hydrogen (secondary N) is 1. The number of imidazole rings is 1. The number of thiazole rings is 1. The van der Waals surface area contributed by atoms with E-state index in [0.717, 1.165) is 27.6 Å². The van der Waals surface area contributed by atoms with E-state index < -0.39 is 10.2 Å². The molecule has 0 spiro atoms. The number of hydrogen-bond acceptors (Lipinski definition) is 7. The first-order valence-corrected chi connectivity index (χ1v) is 12.7. The molecule has 1 N–H and O–H groups in total. The molecular weight excluding hydrogens is 446 g/mol. The Kier molecular flexibility index (Phi) is 5.64. The van der Waals surface area contributed by atoms with E-state index in [4.69, 9.17) is 9.97 Å². The van der Waals surface area contributed by atoms with Crippen LogP contribution in [0.25, 0.3) is 27.6 Å². The maximum atomic E-state index is 12.4. The van der Waals surface area contributed by atoms with Crippen LogP contribution in [0.1, 0.15) is 6.92 Å². The largest absolute Gasteiger partial charge is 0.353 e. The van der Waals surface area contributed by atoms with Gasteiger partial charge in [-0.15, -0.1) is 11.3 Å². The molecule has 9 nitrogen and oxygen atoms in total. The van der Waals surface area contributed by atoms with Gasteiger partial charge < -0.3 is 5.32 Å². The molecule has 1 aromatic carbocycles. The molecule has 4 aromatic rings. The lowest BCUT2D eigenvalue weighted by atomic mass is 10.1. The topological polar surface area (TPSA) is 95.7 Å². The minimum absolute atomic E-state index is 0.364. The molecule has 0 amide bonds. The first-order chi connectivity index (χ1) is 15.6. The smallest absolute Gasteiger partial charge is 0.282 e. The van der Waals surface area contributed by atoms with E-state index in [2.05, 4.69) is 10.3 Å². The molecule has 4 heterocycles. The van der Waals surface area contributed by atoms with Gasteiger partial charge in [-0.3, -0.25) is 4.40 Å². The van der Waals surface area contributed by atoms with E-state index in [-0.39, 0.29) is 0 Å². The monoisotopic (exact) mass is 469 g/mol. The molecular formula is C21H23N7O2S2. The Labute approximate surface area is 190 Å². The van der Waals surface area contributed by atoms with Crippen LogP contribution in [0.5, 0.6) is 0 Å². The van der Waals surface area contributed by atoms with Gasteiger partial charge in [0.15, 0.2) is 4.96 Å². The second kappa shape index (κ2) is 8.58. The standard InChI is InChI=1S/C21H23N7O2S2/c1-2-26-12-13-27(32(26,29)30)11-10-23-20-22-9-8-17(24-20)19-18(16-6-4-3-5-7-16)25-21-28(19)14-15-31-21/h3-9,14-15H,2,10-13H2,1H3,(H,22,23,24). The summed E-state index contributed by atoms with van der Waals surface area (Å²) < 4.78 is 29.9. The van der Waals surface area contributed by atoms with Crippen molar-refractivity contribution in [2.45, 2.75) is 6.92 Å². The zero-order chi connectivity index (χ0) is 22.1. The lowest BCUT2D eigenvalue weighted by molar-refractivity contribution is 0.454. The van der Waals surface area contributed by atoms with Gasteiger partial charge in [0.1, 0.15) is 5.69 Å². The average molecular weight is 470 g/mol. The van der Waals surface area contributed by atoms with E-state index in [0.29, 0.717) is 38.7 Å². The Morgan fingerprint density at radius 2 is 1.91 bits per heavy atom. The summed E-state index contributed by atoms with van der Waals surface area (Å²) >= 11 is 1.57. The van der Waals surface area contributed by atoms with Crippen molar-refractivity contribution in [2.24, 2.45) is 0 Å². The fraction of sp³-hybridized carbons (Fsp3) is 0.286. The number of rotatable bonds is 7. The van der Waals surface area contributed by atoms with Crippen LogP contribution in [-0.2, 0) is 10.2 Å². The highest BCUT2D eigenvalue weighted by molar-refractivity contribution is 7.87. The first-order valence-electron chi connectivity index (χ1n) is 10.4. The fourth-order valence-corrected chi connectivity index (χ4v) is 6.18. The first kappa shape index (κ1) is 21.0. The van der Waals surface area contributed by atoms with Gasteiger partial charge in [0.25, 0.3) is 10.2 Å². The van der Waals surface area contributed by atoms with Crippen LogP contribution in [0.4, 0.5) is 5.95 Å². The number of hydrogen-bond donors (Lipinski definition) is 1. The lowest BCUT2D eigenvalue weighted by Gasteiger charge is -2.17. The molecule has 1 saturated heterocycles. The molecule has 1 aliphatic heterocycles. The number of aromatic nitrogens is 4.